The molecule has 7 heteroatoms. The van der Waals surface area contributed by atoms with E-state index in [-0.39, 0.29) is 10.3 Å². The third kappa shape index (κ3) is 3.79. The average Bonchev–Trinajstić information content (AvgIpc) is 2.95. The highest BCUT2D eigenvalue weighted by Gasteiger charge is 2.29. The fourth-order valence-electron chi connectivity index (χ4n) is 3.18. The predicted molar refractivity (Wildman–Crippen MR) is 86.0 cm³/mol. The molecule has 1 aliphatic rings. The van der Waals surface area contributed by atoms with Gasteiger partial charge >= 0.3 is 0 Å². The zero-order valence-electron chi connectivity index (χ0n) is 13.2. The summed E-state index contributed by atoms with van der Waals surface area (Å²) in [5, 5.41) is 9.10. The Hall–Kier alpha value is -1.73. The van der Waals surface area contributed by atoms with Crippen LogP contribution in [0.1, 0.15) is 44.9 Å². The maximum atomic E-state index is 11.3. The molecule has 1 aliphatic carbocycles. The number of hydrogen-bond acceptors (Lipinski definition) is 5. The van der Waals surface area contributed by atoms with Crippen LogP contribution in [0.3, 0.4) is 0 Å². The molecule has 1 heterocycles. The topological polar surface area (TPSA) is 99.1 Å². The third-order valence-corrected chi connectivity index (χ3v) is 5.48. The van der Waals surface area contributed by atoms with E-state index in [9.17, 15) is 8.42 Å². The Balaban J connectivity index is 1.76. The molecule has 1 aromatic carbocycles. The van der Waals surface area contributed by atoms with E-state index in [4.69, 9.17) is 9.66 Å². The van der Waals surface area contributed by atoms with Crippen LogP contribution in [0.25, 0.3) is 11.4 Å². The van der Waals surface area contributed by atoms with E-state index in [2.05, 4.69) is 17.1 Å². The van der Waals surface area contributed by atoms with Crippen LogP contribution in [0.15, 0.2) is 33.7 Å². The summed E-state index contributed by atoms with van der Waals surface area (Å²) in [6.45, 7) is 2.27. The molecule has 1 aromatic heterocycles. The van der Waals surface area contributed by atoms with Gasteiger partial charge in [-0.05, 0) is 42.5 Å². The molecule has 0 spiro atoms. The predicted octanol–water partition coefficient (Wildman–Crippen LogP) is 2.90. The fourth-order valence-corrected chi connectivity index (χ4v) is 3.70. The first-order valence-electron chi connectivity index (χ1n) is 7.82. The highest BCUT2D eigenvalue weighted by molar-refractivity contribution is 7.89. The summed E-state index contributed by atoms with van der Waals surface area (Å²) < 4.78 is 27.9. The fraction of sp³-hybridized carbons (Fsp3) is 0.500. The van der Waals surface area contributed by atoms with Gasteiger partial charge in [-0.25, -0.2) is 13.6 Å². The Morgan fingerprint density at radius 1 is 1.17 bits per heavy atom. The van der Waals surface area contributed by atoms with Crippen LogP contribution in [-0.4, -0.2) is 18.6 Å². The van der Waals surface area contributed by atoms with Gasteiger partial charge in [0, 0.05) is 12.0 Å². The number of hydrogen-bond donors (Lipinski definition) is 1. The van der Waals surface area contributed by atoms with Crippen LogP contribution in [0.2, 0.25) is 0 Å². The van der Waals surface area contributed by atoms with Crippen LogP contribution in [0.5, 0.6) is 0 Å². The van der Waals surface area contributed by atoms with Crippen molar-refractivity contribution in [2.75, 3.05) is 0 Å². The van der Waals surface area contributed by atoms with E-state index in [1.807, 2.05) is 0 Å². The van der Waals surface area contributed by atoms with Crippen molar-refractivity contribution in [3.63, 3.8) is 0 Å². The largest absolute Gasteiger partial charge is 0.339 e. The lowest BCUT2D eigenvalue weighted by Gasteiger charge is -2.32. The Labute approximate surface area is 136 Å². The summed E-state index contributed by atoms with van der Waals surface area (Å²) >= 11 is 0. The summed E-state index contributed by atoms with van der Waals surface area (Å²) in [5.74, 6) is 1.11. The molecule has 0 atom stereocenters. The standard InChI is InChI=1S/C16H21N3O3S/c1-16(9-3-2-4-10-16)11-14-18-15(19-22-14)12-5-7-13(8-6-12)23(17,20)21/h5-8H,2-4,9-11H2,1H3,(H2,17,20,21). The minimum absolute atomic E-state index is 0.0692. The number of nitrogens with two attached hydrogens (primary N) is 1. The summed E-state index contributed by atoms with van der Waals surface area (Å²) in [4.78, 5) is 4.52. The van der Waals surface area contributed by atoms with Gasteiger partial charge in [0.2, 0.25) is 21.7 Å². The van der Waals surface area contributed by atoms with Crippen LogP contribution < -0.4 is 5.14 Å². The smallest absolute Gasteiger partial charge is 0.238 e. The lowest BCUT2D eigenvalue weighted by Crippen LogP contribution is -2.22. The number of benzene rings is 1. The van der Waals surface area contributed by atoms with Crippen molar-refractivity contribution in [1.82, 2.24) is 10.1 Å². The molecule has 2 N–H and O–H groups in total. The lowest BCUT2D eigenvalue weighted by molar-refractivity contribution is 0.192. The van der Waals surface area contributed by atoms with E-state index in [1.165, 1.54) is 44.2 Å². The minimum Gasteiger partial charge on any atom is -0.339 e. The molecule has 23 heavy (non-hydrogen) atoms. The van der Waals surface area contributed by atoms with E-state index in [0.717, 1.165) is 6.42 Å². The van der Waals surface area contributed by atoms with E-state index < -0.39 is 10.0 Å². The summed E-state index contributed by atoms with van der Waals surface area (Å²) in [6, 6.07) is 6.17. The van der Waals surface area contributed by atoms with Crippen molar-refractivity contribution in [2.45, 2.75) is 50.3 Å². The molecule has 0 radical (unpaired) electrons. The van der Waals surface area contributed by atoms with Crippen LogP contribution >= 0.6 is 0 Å². The number of sulfonamides is 1. The van der Waals surface area contributed by atoms with Gasteiger partial charge in [0.25, 0.3) is 0 Å². The van der Waals surface area contributed by atoms with Crippen molar-refractivity contribution in [2.24, 2.45) is 10.6 Å². The van der Waals surface area contributed by atoms with Crippen molar-refractivity contribution in [3.05, 3.63) is 30.2 Å². The molecule has 0 saturated heterocycles. The third-order valence-electron chi connectivity index (χ3n) is 4.55. The summed E-state index contributed by atoms with van der Waals surface area (Å²) in [6.07, 6.45) is 6.98. The normalized spacial score (nSPS) is 18.0. The van der Waals surface area contributed by atoms with Gasteiger partial charge in [-0.3, -0.25) is 0 Å². The molecule has 0 unspecified atom stereocenters. The van der Waals surface area contributed by atoms with Crippen LogP contribution in [0.4, 0.5) is 0 Å². The van der Waals surface area contributed by atoms with Gasteiger partial charge < -0.3 is 4.52 Å². The quantitative estimate of drug-likeness (QED) is 0.926. The van der Waals surface area contributed by atoms with E-state index in [0.29, 0.717) is 17.3 Å². The van der Waals surface area contributed by atoms with Crippen molar-refractivity contribution in [3.8, 4) is 11.4 Å². The highest BCUT2D eigenvalue weighted by Crippen LogP contribution is 2.38. The van der Waals surface area contributed by atoms with Crippen molar-refractivity contribution < 1.29 is 12.9 Å². The molecule has 0 aliphatic heterocycles. The van der Waals surface area contributed by atoms with Crippen molar-refractivity contribution in [1.29, 1.82) is 0 Å². The first kappa shape index (κ1) is 16.1. The van der Waals surface area contributed by atoms with E-state index >= 15 is 0 Å². The van der Waals surface area contributed by atoms with Crippen molar-refractivity contribution >= 4 is 10.0 Å². The molecule has 0 amide bonds. The number of nitrogens with zero attached hydrogens (tertiary/aromatic N) is 2. The van der Waals surface area contributed by atoms with Gasteiger partial charge in [-0.1, -0.05) is 31.3 Å². The Morgan fingerprint density at radius 2 is 1.83 bits per heavy atom. The van der Waals surface area contributed by atoms with E-state index in [1.54, 1.807) is 12.1 Å². The first-order chi connectivity index (χ1) is 10.9. The zero-order chi connectivity index (χ0) is 16.5. The Kier molecular flexibility index (Phi) is 4.25. The maximum Gasteiger partial charge on any atom is 0.238 e. The average molecular weight is 335 g/mol. The molecule has 0 bridgehead atoms. The van der Waals surface area contributed by atoms with Gasteiger partial charge in [0.05, 0.1) is 4.90 Å². The summed E-state index contributed by atoms with van der Waals surface area (Å²) in [5.41, 5.74) is 0.945. The number of aromatic nitrogens is 2. The van der Waals surface area contributed by atoms with Crippen LogP contribution in [0, 0.1) is 5.41 Å². The number of primary sulfonamides is 1. The second kappa shape index (κ2) is 6.05. The second-order valence-electron chi connectivity index (χ2n) is 6.63. The first-order valence-corrected chi connectivity index (χ1v) is 9.36. The molecule has 1 fully saturated rings. The molecule has 2 aromatic rings. The SMILES string of the molecule is CC1(Cc2nc(-c3ccc(S(N)(=O)=O)cc3)no2)CCCCC1. The Morgan fingerprint density at radius 3 is 2.43 bits per heavy atom. The molecule has 6 nitrogen and oxygen atoms in total. The summed E-state index contributed by atoms with van der Waals surface area (Å²) in [7, 11) is -3.69. The lowest BCUT2D eigenvalue weighted by atomic mass is 9.73. The Bertz CT molecular complexity index is 775. The van der Waals surface area contributed by atoms with Gasteiger partial charge in [-0.15, -0.1) is 0 Å². The monoisotopic (exact) mass is 335 g/mol. The van der Waals surface area contributed by atoms with Gasteiger partial charge in [-0.2, -0.15) is 4.98 Å². The second-order valence-corrected chi connectivity index (χ2v) is 8.19. The van der Waals surface area contributed by atoms with Crippen LogP contribution in [-0.2, 0) is 16.4 Å². The molecular weight excluding hydrogens is 314 g/mol. The minimum atomic E-state index is -3.69. The highest BCUT2D eigenvalue weighted by atomic mass is 32.2. The van der Waals surface area contributed by atoms with Gasteiger partial charge in [0.1, 0.15) is 0 Å². The molecule has 3 rings (SSSR count). The molecular formula is C16H21N3O3S. The molecule has 1 saturated carbocycles. The zero-order valence-corrected chi connectivity index (χ0v) is 14.0. The maximum absolute atomic E-state index is 11.3. The van der Waals surface area contributed by atoms with Gasteiger partial charge in [0.15, 0.2) is 0 Å². The molecule has 124 valence electrons. The number of rotatable bonds is 4.